The lowest BCUT2D eigenvalue weighted by atomic mass is 10.1. The van der Waals surface area contributed by atoms with Gasteiger partial charge in [0.25, 0.3) is 0 Å². The first-order chi connectivity index (χ1) is 9.26. The average Bonchev–Trinajstić information content (AvgIpc) is 3.12. The first kappa shape index (κ1) is 14.6. The van der Waals surface area contributed by atoms with Gasteiger partial charge in [-0.2, -0.15) is 0 Å². The molecule has 20 heavy (non-hydrogen) atoms. The van der Waals surface area contributed by atoms with Gasteiger partial charge in [-0.1, -0.05) is 12.1 Å². The van der Waals surface area contributed by atoms with Crippen LogP contribution < -0.4 is 10.2 Å². The van der Waals surface area contributed by atoms with E-state index in [1.807, 2.05) is 12.1 Å². The van der Waals surface area contributed by atoms with Gasteiger partial charge in [-0.05, 0) is 58.1 Å². The number of carbonyl (C=O) groups excluding carboxylic acids is 1. The smallest absolute Gasteiger partial charge is 0.428 e. The van der Waals surface area contributed by atoms with E-state index < -0.39 is 11.8 Å². The highest BCUT2D eigenvalue weighted by Gasteiger charge is 2.24. The molecule has 1 aromatic carbocycles. The number of aryl methyl sites for hydroxylation is 1. The standard InChI is InChI=1S/C16H20O4/c1-10-9-12(11-5-6-11)7-8-13(14(10)17)19-15(18)20-16(2,3)4/h7-9,11H,5-6H2,1-4H3. The van der Waals surface area contributed by atoms with Crippen LogP contribution in [0.2, 0.25) is 0 Å². The number of hydrogen-bond donors (Lipinski definition) is 0. The molecule has 0 N–H and O–H groups in total. The third-order valence-electron chi connectivity index (χ3n) is 3.02. The lowest BCUT2D eigenvalue weighted by Gasteiger charge is -2.18. The summed E-state index contributed by atoms with van der Waals surface area (Å²) in [6.07, 6.45) is 1.45. The van der Waals surface area contributed by atoms with Crippen LogP contribution in [0, 0.1) is 6.92 Å². The van der Waals surface area contributed by atoms with Gasteiger partial charge in [0.1, 0.15) is 5.60 Å². The second kappa shape index (κ2) is 5.27. The number of carbonyl (C=O) groups is 1. The molecular weight excluding hydrogens is 256 g/mol. The number of rotatable bonds is 2. The van der Waals surface area contributed by atoms with E-state index in [-0.39, 0.29) is 11.2 Å². The van der Waals surface area contributed by atoms with Crippen LogP contribution in [-0.4, -0.2) is 11.8 Å². The Morgan fingerprint density at radius 1 is 1.25 bits per heavy atom. The van der Waals surface area contributed by atoms with Crippen molar-refractivity contribution in [3.05, 3.63) is 39.5 Å². The van der Waals surface area contributed by atoms with Crippen molar-refractivity contribution in [3.8, 4) is 5.75 Å². The van der Waals surface area contributed by atoms with Gasteiger partial charge in [-0.3, -0.25) is 4.79 Å². The molecule has 0 amide bonds. The van der Waals surface area contributed by atoms with Crippen LogP contribution >= 0.6 is 0 Å². The second-order valence-corrected chi connectivity index (χ2v) is 6.19. The van der Waals surface area contributed by atoms with Crippen molar-refractivity contribution in [1.82, 2.24) is 0 Å². The third-order valence-corrected chi connectivity index (χ3v) is 3.02. The summed E-state index contributed by atoms with van der Waals surface area (Å²) in [5.41, 5.74) is 0.780. The Morgan fingerprint density at radius 3 is 2.45 bits per heavy atom. The van der Waals surface area contributed by atoms with Gasteiger partial charge >= 0.3 is 6.16 Å². The summed E-state index contributed by atoms with van der Waals surface area (Å²) in [6.45, 7) is 6.96. The Morgan fingerprint density at radius 2 is 1.90 bits per heavy atom. The topological polar surface area (TPSA) is 52.6 Å². The molecule has 4 nitrogen and oxygen atoms in total. The number of hydrogen-bond acceptors (Lipinski definition) is 4. The van der Waals surface area contributed by atoms with E-state index in [1.54, 1.807) is 33.8 Å². The molecule has 1 aliphatic rings. The molecule has 0 saturated heterocycles. The van der Waals surface area contributed by atoms with Gasteiger partial charge in [0.05, 0.1) is 0 Å². The summed E-state index contributed by atoms with van der Waals surface area (Å²) in [5.74, 6) is 0.554. The van der Waals surface area contributed by atoms with Crippen LogP contribution in [0.4, 0.5) is 4.79 Å². The van der Waals surface area contributed by atoms with Crippen LogP contribution in [0.25, 0.3) is 0 Å². The number of ether oxygens (including phenoxy) is 2. The molecule has 0 aromatic heterocycles. The van der Waals surface area contributed by atoms with E-state index in [2.05, 4.69) is 0 Å². The molecule has 1 aromatic rings. The van der Waals surface area contributed by atoms with Gasteiger partial charge in [0.15, 0.2) is 5.75 Å². The lowest BCUT2D eigenvalue weighted by molar-refractivity contribution is 0.0204. The Kier molecular flexibility index (Phi) is 3.84. The van der Waals surface area contributed by atoms with Gasteiger partial charge < -0.3 is 9.47 Å². The first-order valence-electron chi connectivity index (χ1n) is 6.82. The Bertz CT molecular complexity index is 580. The lowest BCUT2D eigenvalue weighted by Crippen LogP contribution is -2.27. The van der Waals surface area contributed by atoms with Crippen molar-refractivity contribution >= 4 is 6.16 Å². The zero-order chi connectivity index (χ0) is 14.9. The van der Waals surface area contributed by atoms with Crippen LogP contribution in [0.3, 0.4) is 0 Å². The van der Waals surface area contributed by atoms with E-state index >= 15 is 0 Å². The van der Waals surface area contributed by atoms with Crippen molar-refractivity contribution < 1.29 is 14.3 Å². The highest BCUT2D eigenvalue weighted by molar-refractivity contribution is 5.64. The van der Waals surface area contributed by atoms with Crippen LogP contribution in [0.15, 0.2) is 23.0 Å². The second-order valence-electron chi connectivity index (χ2n) is 6.19. The van der Waals surface area contributed by atoms with Crippen LogP contribution in [0.1, 0.15) is 50.7 Å². The van der Waals surface area contributed by atoms with Gasteiger partial charge in [0, 0.05) is 5.56 Å². The SMILES string of the molecule is Cc1cc(C2CC2)ccc(OC(=O)OC(C)(C)C)c1=O. The Balaban J connectivity index is 2.24. The summed E-state index contributed by atoms with van der Waals surface area (Å²) < 4.78 is 10.1. The van der Waals surface area contributed by atoms with Crippen molar-refractivity contribution in [2.45, 2.75) is 52.1 Å². The van der Waals surface area contributed by atoms with Crippen molar-refractivity contribution in [2.75, 3.05) is 0 Å². The first-order valence-corrected chi connectivity index (χ1v) is 6.82. The zero-order valence-electron chi connectivity index (χ0n) is 12.4. The van der Waals surface area contributed by atoms with Crippen LogP contribution in [0.5, 0.6) is 5.75 Å². The van der Waals surface area contributed by atoms with Crippen molar-refractivity contribution in [2.24, 2.45) is 0 Å². The highest BCUT2D eigenvalue weighted by atomic mass is 16.7. The molecule has 0 radical (unpaired) electrons. The summed E-state index contributed by atoms with van der Waals surface area (Å²) in [6, 6.07) is 5.29. The monoisotopic (exact) mass is 276 g/mol. The molecule has 0 bridgehead atoms. The fourth-order valence-corrected chi connectivity index (χ4v) is 1.92. The van der Waals surface area contributed by atoms with E-state index in [4.69, 9.17) is 9.47 Å². The maximum absolute atomic E-state index is 12.1. The average molecular weight is 276 g/mol. The maximum Gasteiger partial charge on any atom is 0.514 e. The highest BCUT2D eigenvalue weighted by Crippen LogP contribution is 2.39. The van der Waals surface area contributed by atoms with Crippen LogP contribution in [-0.2, 0) is 4.74 Å². The van der Waals surface area contributed by atoms with Gasteiger partial charge in [0.2, 0.25) is 5.43 Å². The predicted molar refractivity (Wildman–Crippen MR) is 76.3 cm³/mol. The minimum absolute atomic E-state index is 0.0173. The summed E-state index contributed by atoms with van der Waals surface area (Å²) in [5, 5.41) is 0. The molecule has 0 aliphatic heterocycles. The fraction of sp³-hybridized carbons (Fsp3) is 0.500. The van der Waals surface area contributed by atoms with Gasteiger partial charge in [-0.15, -0.1) is 0 Å². The summed E-state index contributed by atoms with van der Waals surface area (Å²) in [7, 11) is 0. The molecule has 4 heteroatoms. The normalized spacial score (nSPS) is 14.8. The molecule has 1 saturated carbocycles. The molecule has 0 atom stereocenters. The molecular formula is C16H20O4. The van der Waals surface area contributed by atoms with E-state index in [9.17, 15) is 9.59 Å². The quantitative estimate of drug-likeness (QED) is 0.775. The molecule has 1 aliphatic carbocycles. The minimum Gasteiger partial charge on any atom is -0.428 e. The third kappa shape index (κ3) is 3.83. The van der Waals surface area contributed by atoms with Crippen molar-refractivity contribution in [3.63, 3.8) is 0 Å². The van der Waals surface area contributed by atoms with Gasteiger partial charge in [-0.25, -0.2) is 4.79 Å². The Hall–Kier alpha value is -1.84. The molecule has 1 fully saturated rings. The summed E-state index contributed by atoms with van der Waals surface area (Å²) >= 11 is 0. The molecule has 108 valence electrons. The molecule has 0 heterocycles. The zero-order valence-corrected chi connectivity index (χ0v) is 12.4. The molecule has 0 unspecified atom stereocenters. The molecule has 2 rings (SSSR count). The fourth-order valence-electron chi connectivity index (χ4n) is 1.92. The maximum atomic E-state index is 12.1. The molecule has 0 spiro atoms. The van der Waals surface area contributed by atoms with E-state index in [1.165, 1.54) is 0 Å². The predicted octanol–water partition coefficient (Wildman–Crippen LogP) is 3.55. The largest absolute Gasteiger partial charge is 0.514 e. The van der Waals surface area contributed by atoms with Crippen molar-refractivity contribution in [1.29, 1.82) is 0 Å². The summed E-state index contributed by atoms with van der Waals surface area (Å²) in [4.78, 5) is 23.8. The van der Waals surface area contributed by atoms with E-state index in [0.717, 1.165) is 18.4 Å². The Labute approximate surface area is 118 Å². The minimum atomic E-state index is -0.854. The van der Waals surface area contributed by atoms with E-state index in [0.29, 0.717) is 11.5 Å².